The van der Waals surface area contributed by atoms with Crippen LogP contribution in [0.25, 0.3) is 0 Å². The molecule has 65 heavy (non-hydrogen) atoms. The molecule has 0 aliphatic carbocycles. The van der Waals surface area contributed by atoms with Crippen molar-refractivity contribution in [2.75, 3.05) is 35.0 Å². The van der Waals surface area contributed by atoms with E-state index in [9.17, 15) is 19.5 Å². The minimum atomic E-state index is -2.66. The van der Waals surface area contributed by atoms with Gasteiger partial charge in [0.25, 0.3) is 5.91 Å². The van der Waals surface area contributed by atoms with Gasteiger partial charge in [-0.3, -0.25) is 29.0 Å². The maximum absolute atomic E-state index is 15.8. The van der Waals surface area contributed by atoms with E-state index in [1.807, 2.05) is 146 Å². The lowest BCUT2D eigenvalue weighted by Crippen LogP contribution is -2.52. The fraction of sp³-hybridized carbons (Fsp3) is 0.245. The highest BCUT2D eigenvalue weighted by Crippen LogP contribution is 2.60. The molecule has 2 aliphatic heterocycles. The van der Waals surface area contributed by atoms with Crippen molar-refractivity contribution < 1.29 is 33.8 Å². The van der Waals surface area contributed by atoms with Crippen LogP contribution in [0.4, 0.5) is 28.4 Å². The van der Waals surface area contributed by atoms with Crippen LogP contribution >= 0.6 is 0 Å². The van der Waals surface area contributed by atoms with Crippen molar-refractivity contribution in [3.63, 3.8) is 0 Å². The van der Waals surface area contributed by atoms with Gasteiger partial charge < -0.3 is 24.4 Å². The minimum absolute atomic E-state index is 0.0148. The van der Waals surface area contributed by atoms with Crippen LogP contribution in [0.2, 0.25) is 18.6 Å². The molecule has 6 aromatic carbocycles. The third-order valence-corrected chi connectivity index (χ3v) is 17.6. The monoisotopic (exact) mass is 886 g/mol. The van der Waals surface area contributed by atoms with Gasteiger partial charge in [-0.25, -0.2) is 0 Å². The molecule has 4 amide bonds. The van der Waals surface area contributed by atoms with Gasteiger partial charge in [0, 0.05) is 47.3 Å². The summed E-state index contributed by atoms with van der Waals surface area (Å²) in [7, 11) is -1.02. The summed E-state index contributed by atoms with van der Waals surface area (Å²) < 4.78 is 12.9. The Balaban J connectivity index is 1.23. The zero-order valence-electron chi connectivity index (χ0n) is 37.1. The van der Waals surface area contributed by atoms with E-state index in [-0.39, 0.29) is 43.5 Å². The molecule has 2 aliphatic rings. The van der Waals surface area contributed by atoms with Gasteiger partial charge in [0.2, 0.25) is 18.7 Å². The summed E-state index contributed by atoms with van der Waals surface area (Å²) in [4.78, 5) is 62.1. The van der Waals surface area contributed by atoms with E-state index in [0.717, 1.165) is 40.6 Å². The van der Waals surface area contributed by atoms with Crippen molar-refractivity contribution in [3.05, 3.63) is 174 Å². The third-order valence-electron chi connectivity index (χ3n) is 13.2. The normalized spacial score (nSPS) is 18.9. The lowest BCUT2D eigenvalue weighted by atomic mass is 9.82. The van der Waals surface area contributed by atoms with Gasteiger partial charge in [-0.05, 0) is 83.4 Å². The number of fused-ring (bicyclic) bond motifs is 2. The number of hydrogen-bond acceptors (Lipinski definition) is 7. The van der Waals surface area contributed by atoms with Gasteiger partial charge in [0.1, 0.15) is 5.75 Å². The number of methoxy groups -OCH3 is 1. The third kappa shape index (κ3) is 8.60. The number of benzene rings is 6. The van der Waals surface area contributed by atoms with Crippen molar-refractivity contribution in [1.82, 2.24) is 4.90 Å². The van der Waals surface area contributed by atoms with Gasteiger partial charge in [-0.2, -0.15) is 0 Å². The summed E-state index contributed by atoms with van der Waals surface area (Å²) in [5, 5.41) is 11.3. The molecule has 8 rings (SSSR count). The molecule has 332 valence electrons. The van der Waals surface area contributed by atoms with E-state index in [1.165, 1.54) is 0 Å². The van der Waals surface area contributed by atoms with Crippen LogP contribution < -0.4 is 24.6 Å². The molecule has 0 aromatic heterocycles. The Morgan fingerprint density at radius 2 is 1.31 bits per heavy atom. The highest BCUT2D eigenvalue weighted by molar-refractivity contribution is 6.91. The van der Waals surface area contributed by atoms with Gasteiger partial charge in [0.05, 0.1) is 46.5 Å². The van der Waals surface area contributed by atoms with Crippen LogP contribution in [0.5, 0.6) is 5.75 Å². The first-order chi connectivity index (χ1) is 31.5. The Morgan fingerprint density at radius 3 is 1.88 bits per heavy atom. The summed E-state index contributed by atoms with van der Waals surface area (Å²) in [6.45, 7) is 7.04. The average molecular weight is 887 g/mol. The SMILES string of the molecule is COc1ccc([Si](C)(C)[C@@H]2[C@@H](CC(=O)N(CCO)Cc3ccccc3)O[C@]3(C(=O)N(Cc4ccc(N(C=O)c5ccccc5)cc4)c4ccc(N(C=O)c5ccccc5)cc43)[C@H]2C)cc1. The summed E-state index contributed by atoms with van der Waals surface area (Å²) >= 11 is 0. The Labute approximate surface area is 381 Å². The lowest BCUT2D eigenvalue weighted by molar-refractivity contribution is -0.150. The number of amides is 4. The Hall–Kier alpha value is -6.86. The van der Waals surface area contributed by atoms with E-state index >= 15 is 4.79 Å². The molecule has 1 saturated heterocycles. The van der Waals surface area contributed by atoms with Crippen molar-refractivity contribution in [2.45, 2.75) is 56.8 Å². The molecule has 0 saturated carbocycles. The smallest absolute Gasteiger partial charge is 0.264 e. The maximum Gasteiger partial charge on any atom is 0.264 e. The molecule has 4 atom stereocenters. The molecule has 1 fully saturated rings. The molecule has 0 bridgehead atoms. The highest BCUT2D eigenvalue weighted by atomic mass is 28.3. The number of aliphatic hydroxyl groups excluding tert-OH is 1. The maximum atomic E-state index is 15.8. The van der Waals surface area contributed by atoms with E-state index in [1.54, 1.807) is 26.7 Å². The molecular formula is C53H54N4O7Si. The molecule has 11 nitrogen and oxygen atoms in total. The lowest BCUT2D eigenvalue weighted by Gasteiger charge is -2.37. The van der Waals surface area contributed by atoms with E-state index < -0.39 is 25.7 Å². The summed E-state index contributed by atoms with van der Waals surface area (Å²) in [5.74, 6) is -0.152. The Bertz CT molecular complexity index is 2620. The van der Waals surface area contributed by atoms with Crippen LogP contribution in [0.3, 0.4) is 0 Å². The fourth-order valence-corrected chi connectivity index (χ4v) is 14.0. The number of carbonyl (C=O) groups excluding carboxylic acids is 4. The minimum Gasteiger partial charge on any atom is -0.497 e. The molecule has 0 radical (unpaired) electrons. The topological polar surface area (TPSA) is 120 Å². The molecule has 2 heterocycles. The Kier molecular flexibility index (Phi) is 13.1. The first-order valence-electron chi connectivity index (χ1n) is 21.9. The van der Waals surface area contributed by atoms with Gasteiger partial charge in [-0.15, -0.1) is 0 Å². The average Bonchev–Trinajstić information content (AvgIpc) is 3.76. The second-order valence-electron chi connectivity index (χ2n) is 17.3. The second kappa shape index (κ2) is 19.1. The van der Waals surface area contributed by atoms with E-state index in [0.29, 0.717) is 34.9 Å². The predicted octanol–water partition coefficient (Wildman–Crippen LogP) is 8.46. The number of nitrogens with zero attached hydrogens (tertiary/aromatic N) is 4. The highest BCUT2D eigenvalue weighted by Gasteiger charge is 2.66. The summed E-state index contributed by atoms with van der Waals surface area (Å²) in [6, 6.07) is 49.6. The van der Waals surface area contributed by atoms with E-state index in [2.05, 4.69) is 32.2 Å². The number of aliphatic hydroxyl groups is 1. The van der Waals surface area contributed by atoms with Crippen LogP contribution in [0.1, 0.15) is 30.0 Å². The van der Waals surface area contributed by atoms with Crippen LogP contribution in [0.15, 0.2) is 158 Å². The zero-order valence-corrected chi connectivity index (χ0v) is 38.1. The quantitative estimate of drug-likeness (QED) is 0.0722. The number of anilines is 5. The molecule has 6 aromatic rings. The van der Waals surface area contributed by atoms with Crippen molar-refractivity contribution in [3.8, 4) is 5.75 Å². The molecule has 12 heteroatoms. The molecular weight excluding hydrogens is 833 g/mol. The summed E-state index contributed by atoms with van der Waals surface area (Å²) in [5.41, 5.74) is 3.87. The molecule has 1 spiro atoms. The predicted molar refractivity (Wildman–Crippen MR) is 257 cm³/mol. The van der Waals surface area contributed by atoms with Gasteiger partial charge in [-0.1, -0.05) is 116 Å². The van der Waals surface area contributed by atoms with Crippen molar-refractivity contribution >= 4 is 66.3 Å². The fourth-order valence-electron chi connectivity index (χ4n) is 9.99. The number of hydrogen-bond donors (Lipinski definition) is 1. The molecule has 1 N–H and O–H groups in total. The zero-order chi connectivity index (χ0) is 45.7. The van der Waals surface area contributed by atoms with E-state index in [4.69, 9.17) is 9.47 Å². The van der Waals surface area contributed by atoms with Gasteiger partial charge >= 0.3 is 0 Å². The number of carbonyl (C=O) groups is 4. The van der Waals surface area contributed by atoms with Crippen molar-refractivity contribution in [2.24, 2.45) is 5.92 Å². The molecule has 0 unspecified atom stereocenters. The Morgan fingerprint density at radius 1 is 0.754 bits per heavy atom. The largest absolute Gasteiger partial charge is 0.497 e. The standard InChI is InChI=1S/C53H54N4O7Si/c1-38-51(65(3,4)46-27-25-45(63-2)26-28-46)49(33-50(61)54(30-31-58)34-39-14-8-5-9-15-39)64-53(38)47-32-44(57(37-60)42-18-12-7-13-19-42)24-29-48(47)55(52(53)62)35-40-20-22-43(23-21-40)56(36-59)41-16-10-6-11-17-41/h5-29,32,36-38,49,51,58H,30-31,33-35H2,1-4H3/t38-,49+,51-,53+/m0/s1. The first kappa shape index (κ1) is 44.7. The van der Waals surface area contributed by atoms with Crippen LogP contribution in [0, 0.1) is 5.92 Å². The number of ether oxygens (including phenoxy) is 2. The van der Waals surface area contributed by atoms with Crippen LogP contribution in [-0.4, -0.2) is 69.1 Å². The number of rotatable bonds is 17. The second-order valence-corrected chi connectivity index (χ2v) is 22.0. The first-order valence-corrected chi connectivity index (χ1v) is 25.0. The number of para-hydroxylation sites is 2. The summed E-state index contributed by atoms with van der Waals surface area (Å²) in [6.07, 6.45) is 0.839. The van der Waals surface area contributed by atoms with Gasteiger partial charge in [0.15, 0.2) is 5.60 Å². The van der Waals surface area contributed by atoms with Crippen molar-refractivity contribution in [1.29, 1.82) is 0 Å². The van der Waals surface area contributed by atoms with Crippen LogP contribution in [-0.2, 0) is 42.6 Å².